The van der Waals surface area contributed by atoms with Crippen molar-refractivity contribution in [1.82, 2.24) is 20.1 Å². The molecule has 0 aliphatic rings. The Labute approximate surface area is 151 Å². The Morgan fingerprint density at radius 2 is 1.88 bits per heavy atom. The zero-order valence-corrected chi connectivity index (χ0v) is 14.2. The molecule has 4 rings (SSSR count). The van der Waals surface area contributed by atoms with Crippen LogP contribution in [0.2, 0.25) is 0 Å². The molecule has 0 atom stereocenters. The van der Waals surface area contributed by atoms with Gasteiger partial charge in [0.2, 0.25) is 5.91 Å². The topological polar surface area (TPSA) is 59.8 Å². The van der Waals surface area contributed by atoms with Gasteiger partial charge in [-0.05, 0) is 42.0 Å². The number of amides is 1. The van der Waals surface area contributed by atoms with Gasteiger partial charge in [0.05, 0.1) is 23.3 Å². The van der Waals surface area contributed by atoms with Gasteiger partial charge in [-0.15, -0.1) is 0 Å². The van der Waals surface area contributed by atoms with E-state index in [1.807, 2.05) is 72.9 Å². The molecule has 0 bridgehead atoms. The summed E-state index contributed by atoms with van der Waals surface area (Å²) in [6.45, 7) is 0.489. The van der Waals surface area contributed by atoms with Crippen molar-refractivity contribution >= 4 is 16.8 Å². The van der Waals surface area contributed by atoms with Crippen molar-refractivity contribution in [3.8, 4) is 5.69 Å². The average molecular weight is 342 g/mol. The molecule has 5 nitrogen and oxygen atoms in total. The van der Waals surface area contributed by atoms with E-state index in [0.29, 0.717) is 6.54 Å². The molecular weight excluding hydrogens is 324 g/mol. The molecule has 0 saturated carbocycles. The lowest BCUT2D eigenvalue weighted by molar-refractivity contribution is -0.120. The Balaban J connectivity index is 1.37. The first-order valence-corrected chi connectivity index (χ1v) is 8.48. The number of nitrogens with zero attached hydrogens (tertiary/aromatic N) is 3. The van der Waals surface area contributed by atoms with E-state index in [0.717, 1.165) is 27.8 Å². The van der Waals surface area contributed by atoms with Crippen molar-refractivity contribution in [2.75, 3.05) is 0 Å². The van der Waals surface area contributed by atoms with Gasteiger partial charge < -0.3 is 5.32 Å². The minimum atomic E-state index is -0.0467. The first kappa shape index (κ1) is 16.0. The van der Waals surface area contributed by atoms with Crippen LogP contribution in [-0.2, 0) is 17.8 Å². The van der Waals surface area contributed by atoms with Crippen LogP contribution in [0.5, 0.6) is 0 Å². The maximum atomic E-state index is 12.2. The summed E-state index contributed by atoms with van der Waals surface area (Å²) in [5.41, 5.74) is 3.72. The normalized spacial score (nSPS) is 10.8. The van der Waals surface area contributed by atoms with Crippen molar-refractivity contribution in [1.29, 1.82) is 0 Å². The molecule has 0 aliphatic carbocycles. The van der Waals surface area contributed by atoms with Crippen molar-refractivity contribution in [3.63, 3.8) is 0 Å². The third-order valence-electron chi connectivity index (χ3n) is 4.16. The number of pyridine rings is 1. The second-order valence-corrected chi connectivity index (χ2v) is 6.07. The predicted molar refractivity (Wildman–Crippen MR) is 101 cm³/mol. The van der Waals surface area contributed by atoms with Crippen LogP contribution in [0, 0.1) is 0 Å². The highest BCUT2D eigenvalue weighted by molar-refractivity contribution is 5.80. The van der Waals surface area contributed by atoms with Crippen LogP contribution in [0.4, 0.5) is 0 Å². The van der Waals surface area contributed by atoms with Gasteiger partial charge >= 0.3 is 0 Å². The number of hydrogen-bond acceptors (Lipinski definition) is 3. The third kappa shape index (κ3) is 3.62. The number of aromatic nitrogens is 3. The number of hydrogen-bond donors (Lipinski definition) is 1. The summed E-state index contributed by atoms with van der Waals surface area (Å²) in [5.74, 6) is -0.0467. The smallest absolute Gasteiger partial charge is 0.226 e. The van der Waals surface area contributed by atoms with E-state index in [-0.39, 0.29) is 12.3 Å². The molecule has 0 radical (unpaired) electrons. The van der Waals surface area contributed by atoms with Gasteiger partial charge in [0, 0.05) is 24.3 Å². The van der Waals surface area contributed by atoms with Crippen molar-refractivity contribution in [2.24, 2.45) is 0 Å². The molecule has 2 aromatic heterocycles. The molecule has 0 spiro atoms. The summed E-state index contributed by atoms with van der Waals surface area (Å²) in [7, 11) is 0. The molecule has 1 N–H and O–H groups in total. The number of carbonyl (C=O) groups is 1. The molecule has 128 valence electrons. The van der Waals surface area contributed by atoms with Crippen LogP contribution < -0.4 is 5.32 Å². The molecule has 4 aromatic rings. The zero-order chi connectivity index (χ0) is 17.8. The maximum Gasteiger partial charge on any atom is 0.226 e. The molecule has 0 fully saturated rings. The van der Waals surface area contributed by atoms with E-state index in [2.05, 4.69) is 15.4 Å². The summed E-state index contributed by atoms with van der Waals surface area (Å²) in [6.07, 6.45) is 3.90. The summed E-state index contributed by atoms with van der Waals surface area (Å²) in [5, 5.41) is 8.49. The summed E-state index contributed by atoms with van der Waals surface area (Å²) < 4.78 is 1.78. The Hall–Kier alpha value is -3.47. The summed E-state index contributed by atoms with van der Waals surface area (Å²) in [4.78, 5) is 16.5. The molecule has 0 saturated heterocycles. The second-order valence-electron chi connectivity index (χ2n) is 6.07. The Kier molecular flexibility index (Phi) is 4.43. The fourth-order valence-corrected chi connectivity index (χ4v) is 2.84. The van der Waals surface area contributed by atoms with Crippen LogP contribution in [-0.4, -0.2) is 20.7 Å². The Morgan fingerprint density at radius 1 is 1.00 bits per heavy atom. The lowest BCUT2D eigenvalue weighted by Gasteiger charge is -2.06. The Morgan fingerprint density at radius 3 is 2.77 bits per heavy atom. The second kappa shape index (κ2) is 7.19. The number of carbonyl (C=O) groups excluding carboxylic acids is 1. The van der Waals surface area contributed by atoms with Gasteiger partial charge in [-0.25, -0.2) is 4.68 Å². The van der Waals surface area contributed by atoms with Gasteiger partial charge in [-0.3, -0.25) is 9.78 Å². The minimum Gasteiger partial charge on any atom is -0.352 e. The van der Waals surface area contributed by atoms with E-state index in [9.17, 15) is 4.79 Å². The lowest BCUT2D eigenvalue weighted by atomic mass is 10.1. The van der Waals surface area contributed by atoms with E-state index in [1.165, 1.54) is 0 Å². The first-order valence-electron chi connectivity index (χ1n) is 8.48. The van der Waals surface area contributed by atoms with Crippen molar-refractivity contribution in [3.05, 3.63) is 90.4 Å². The molecule has 5 heteroatoms. The van der Waals surface area contributed by atoms with Gasteiger partial charge in [-0.1, -0.05) is 30.3 Å². The quantitative estimate of drug-likeness (QED) is 0.605. The fraction of sp³-hybridized carbons (Fsp3) is 0.0952. The molecule has 2 aromatic carbocycles. The number of nitrogens with one attached hydrogen (secondary N) is 1. The fourth-order valence-electron chi connectivity index (χ4n) is 2.84. The van der Waals surface area contributed by atoms with Gasteiger partial charge in [0.15, 0.2) is 0 Å². The van der Waals surface area contributed by atoms with Crippen LogP contribution in [0.25, 0.3) is 16.6 Å². The molecule has 26 heavy (non-hydrogen) atoms. The number of benzene rings is 2. The molecule has 2 heterocycles. The van der Waals surface area contributed by atoms with Crippen LogP contribution in [0.3, 0.4) is 0 Å². The largest absolute Gasteiger partial charge is 0.352 e. The predicted octanol–water partition coefficient (Wildman–Crippen LogP) is 3.28. The van der Waals surface area contributed by atoms with Crippen molar-refractivity contribution in [2.45, 2.75) is 13.0 Å². The average Bonchev–Trinajstić information content (AvgIpc) is 3.15. The molecular formula is C21H18N4O. The maximum absolute atomic E-state index is 12.2. The molecule has 0 unspecified atom stereocenters. The highest BCUT2D eigenvalue weighted by atomic mass is 16.1. The number of rotatable bonds is 5. The highest BCUT2D eigenvalue weighted by Crippen LogP contribution is 2.13. The lowest BCUT2D eigenvalue weighted by Crippen LogP contribution is -2.24. The minimum absolute atomic E-state index is 0.0467. The van der Waals surface area contributed by atoms with Gasteiger partial charge in [0.25, 0.3) is 0 Å². The SMILES string of the molecule is O=C(Cc1ccn(-c2ccccc2)n1)NCc1ccc2ncccc2c1. The van der Waals surface area contributed by atoms with Gasteiger partial charge in [-0.2, -0.15) is 5.10 Å². The van der Waals surface area contributed by atoms with Crippen LogP contribution in [0.1, 0.15) is 11.3 Å². The standard InChI is InChI=1S/C21H18N4O/c26-21(14-18-10-12-25(24-18)19-6-2-1-3-7-19)23-15-16-8-9-20-17(13-16)5-4-11-22-20/h1-13H,14-15H2,(H,23,26). The van der Waals surface area contributed by atoms with Gasteiger partial charge in [0.1, 0.15) is 0 Å². The monoisotopic (exact) mass is 342 g/mol. The van der Waals surface area contributed by atoms with E-state index in [4.69, 9.17) is 0 Å². The summed E-state index contributed by atoms with van der Waals surface area (Å²) in [6, 6.07) is 21.6. The highest BCUT2D eigenvalue weighted by Gasteiger charge is 2.07. The van der Waals surface area contributed by atoms with Crippen molar-refractivity contribution < 1.29 is 4.79 Å². The van der Waals surface area contributed by atoms with E-state index >= 15 is 0 Å². The first-order chi connectivity index (χ1) is 12.8. The van der Waals surface area contributed by atoms with Crippen LogP contribution in [0.15, 0.2) is 79.1 Å². The van der Waals surface area contributed by atoms with Crippen LogP contribution >= 0.6 is 0 Å². The van der Waals surface area contributed by atoms with E-state index in [1.54, 1.807) is 10.9 Å². The third-order valence-corrected chi connectivity index (χ3v) is 4.16. The summed E-state index contributed by atoms with van der Waals surface area (Å²) >= 11 is 0. The zero-order valence-electron chi connectivity index (χ0n) is 14.2. The number of fused-ring (bicyclic) bond motifs is 1. The Bertz CT molecular complexity index is 1040. The van der Waals surface area contributed by atoms with E-state index < -0.39 is 0 Å². The molecule has 0 aliphatic heterocycles. The molecule has 1 amide bonds. The number of para-hydroxylation sites is 1.